The molecule has 1 atom stereocenters. The third-order valence-electron chi connectivity index (χ3n) is 5.98. The van der Waals surface area contributed by atoms with Crippen molar-refractivity contribution in [3.8, 4) is 0 Å². The molecule has 1 aromatic carbocycles. The molecule has 1 aromatic rings. The van der Waals surface area contributed by atoms with Crippen LogP contribution in [-0.4, -0.2) is 72.3 Å². The minimum Gasteiger partial charge on any atom is -0.342 e. The van der Waals surface area contributed by atoms with Crippen LogP contribution in [-0.2, 0) is 16.0 Å². The summed E-state index contributed by atoms with van der Waals surface area (Å²) in [6.07, 6.45) is 3.29. The molecule has 0 saturated carbocycles. The van der Waals surface area contributed by atoms with Crippen LogP contribution in [0.15, 0.2) is 30.3 Å². The van der Waals surface area contributed by atoms with Gasteiger partial charge in [-0.3, -0.25) is 9.59 Å². The highest BCUT2D eigenvalue weighted by molar-refractivity contribution is 5.89. The maximum atomic E-state index is 12.9. The monoisotopic (exact) mass is 357 g/mol. The van der Waals surface area contributed by atoms with Crippen molar-refractivity contribution in [2.75, 3.05) is 39.8 Å². The number of nitrogens with zero attached hydrogens (tertiary/aromatic N) is 3. The molecular weight excluding hydrogens is 326 g/mol. The Morgan fingerprint density at radius 3 is 2.54 bits per heavy atom. The molecule has 3 rings (SSSR count). The molecular formula is C21H31N3O2. The van der Waals surface area contributed by atoms with E-state index >= 15 is 0 Å². The van der Waals surface area contributed by atoms with Gasteiger partial charge >= 0.3 is 0 Å². The van der Waals surface area contributed by atoms with E-state index in [1.54, 1.807) is 0 Å². The van der Waals surface area contributed by atoms with Crippen molar-refractivity contribution in [2.24, 2.45) is 5.92 Å². The van der Waals surface area contributed by atoms with Gasteiger partial charge in [0.1, 0.15) is 0 Å². The Balaban J connectivity index is 1.50. The van der Waals surface area contributed by atoms with Crippen LogP contribution in [0, 0.1) is 5.92 Å². The summed E-state index contributed by atoms with van der Waals surface area (Å²) in [7, 11) is 1.92. The molecule has 0 N–H and O–H groups in total. The Morgan fingerprint density at radius 1 is 1.19 bits per heavy atom. The van der Waals surface area contributed by atoms with Crippen molar-refractivity contribution in [3.05, 3.63) is 35.9 Å². The molecule has 5 nitrogen and oxygen atoms in total. The number of hydrogen-bond donors (Lipinski definition) is 0. The highest BCUT2D eigenvalue weighted by Gasteiger charge is 2.37. The predicted molar refractivity (Wildman–Crippen MR) is 103 cm³/mol. The molecule has 2 aliphatic heterocycles. The summed E-state index contributed by atoms with van der Waals surface area (Å²) in [4.78, 5) is 31.5. The molecule has 0 aromatic heterocycles. The Labute approximate surface area is 156 Å². The van der Waals surface area contributed by atoms with Gasteiger partial charge in [0.2, 0.25) is 11.8 Å². The van der Waals surface area contributed by atoms with Crippen LogP contribution in [0.1, 0.15) is 31.7 Å². The van der Waals surface area contributed by atoms with E-state index in [4.69, 9.17) is 0 Å². The van der Waals surface area contributed by atoms with Gasteiger partial charge in [-0.25, -0.2) is 0 Å². The van der Waals surface area contributed by atoms with E-state index in [0.29, 0.717) is 25.6 Å². The summed E-state index contributed by atoms with van der Waals surface area (Å²) >= 11 is 0. The Kier molecular flexibility index (Phi) is 6.30. The molecule has 5 heteroatoms. The predicted octanol–water partition coefficient (Wildman–Crippen LogP) is 2.02. The van der Waals surface area contributed by atoms with E-state index in [0.717, 1.165) is 38.9 Å². The van der Waals surface area contributed by atoms with Crippen LogP contribution >= 0.6 is 0 Å². The van der Waals surface area contributed by atoms with Gasteiger partial charge in [0.25, 0.3) is 0 Å². The number of rotatable bonds is 6. The average Bonchev–Trinajstić information content (AvgIpc) is 3.06. The van der Waals surface area contributed by atoms with Crippen LogP contribution in [0.4, 0.5) is 0 Å². The second kappa shape index (κ2) is 8.67. The highest BCUT2D eigenvalue weighted by atomic mass is 16.2. The van der Waals surface area contributed by atoms with Gasteiger partial charge in [-0.1, -0.05) is 37.3 Å². The maximum absolute atomic E-state index is 12.9. The van der Waals surface area contributed by atoms with Crippen molar-refractivity contribution in [2.45, 2.75) is 38.6 Å². The number of piperidine rings is 1. The highest BCUT2D eigenvalue weighted by Crippen LogP contribution is 2.23. The third kappa shape index (κ3) is 4.44. The van der Waals surface area contributed by atoms with E-state index in [1.165, 1.54) is 5.56 Å². The SMILES string of the molecule is CCN1CCC(N(C)C(=O)C2CC(=O)N(CCc3ccccc3)C2)CC1. The summed E-state index contributed by atoms with van der Waals surface area (Å²) in [5.41, 5.74) is 1.23. The zero-order chi connectivity index (χ0) is 18.5. The van der Waals surface area contributed by atoms with E-state index in [2.05, 4.69) is 24.0 Å². The third-order valence-corrected chi connectivity index (χ3v) is 5.98. The van der Waals surface area contributed by atoms with Gasteiger partial charge in [-0.05, 0) is 31.4 Å². The minimum atomic E-state index is -0.174. The molecule has 2 amide bonds. The Hall–Kier alpha value is -1.88. The fourth-order valence-corrected chi connectivity index (χ4v) is 4.15. The standard InChI is InChI=1S/C21H31N3O2/c1-3-23-12-10-19(11-13-23)22(2)21(26)18-15-20(25)24(16-18)14-9-17-7-5-4-6-8-17/h4-8,18-19H,3,9-16H2,1-2H3. The topological polar surface area (TPSA) is 43.9 Å². The van der Waals surface area contributed by atoms with Gasteiger partial charge in [0, 0.05) is 45.7 Å². The number of benzene rings is 1. The van der Waals surface area contributed by atoms with Crippen LogP contribution in [0.2, 0.25) is 0 Å². The molecule has 2 fully saturated rings. The first-order valence-electron chi connectivity index (χ1n) is 9.89. The second-order valence-electron chi connectivity index (χ2n) is 7.59. The van der Waals surface area contributed by atoms with Crippen LogP contribution in [0.3, 0.4) is 0 Å². The zero-order valence-electron chi connectivity index (χ0n) is 16.1. The Bertz CT molecular complexity index is 611. The first-order valence-corrected chi connectivity index (χ1v) is 9.89. The fraction of sp³-hybridized carbons (Fsp3) is 0.619. The lowest BCUT2D eigenvalue weighted by Gasteiger charge is -2.37. The summed E-state index contributed by atoms with van der Waals surface area (Å²) in [5, 5.41) is 0. The van der Waals surface area contributed by atoms with E-state index in [9.17, 15) is 9.59 Å². The number of hydrogen-bond acceptors (Lipinski definition) is 3. The zero-order valence-corrected chi connectivity index (χ0v) is 16.1. The maximum Gasteiger partial charge on any atom is 0.227 e. The van der Waals surface area contributed by atoms with Crippen molar-refractivity contribution in [3.63, 3.8) is 0 Å². The first kappa shape index (κ1) is 18.9. The minimum absolute atomic E-state index is 0.119. The van der Waals surface area contributed by atoms with Gasteiger partial charge in [-0.15, -0.1) is 0 Å². The van der Waals surface area contributed by atoms with Crippen LogP contribution in [0.25, 0.3) is 0 Å². The fourth-order valence-electron chi connectivity index (χ4n) is 4.15. The van der Waals surface area contributed by atoms with E-state index in [-0.39, 0.29) is 17.7 Å². The van der Waals surface area contributed by atoms with Crippen LogP contribution in [0.5, 0.6) is 0 Å². The first-order chi connectivity index (χ1) is 12.6. The molecule has 142 valence electrons. The van der Waals surface area contributed by atoms with E-state index < -0.39 is 0 Å². The molecule has 0 bridgehead atoms. The number of likely N-dealkylation sites (tertiary alicyclic amines) is 2. The molecule has 0 radical (unpaired) electrons. The molecule has 0 spiro atoms. The van der Waals surface area contributed by atoms with Gasteiger partial charge < -0.3 is 14.7 Å². The van der Waals surface area contributed by atoms with Crippen LogP contribution < -0.4 is 0 Å². The summed E-state index contributed by atoms with van der Waals surface area (Å²) < 4.78 is 0. The number of amides is 2. The largest absolute Gasteiger partial charge is 0.342 e. The molecule has 2 heterocycles. The summed E-state index contributed by atoms with van der Waals surface area (Å²) in [6, 6.07) is 10.5. The quantitative estimate of drug-likeness (QED) is 0.782. The van der Waals surface area contributed by atoms with Gasteiger partial charge in [0.05, 0.1) is 5.92 Å². The number of carbonyl (C=O) groups excluding carboxylic acids is 2. The van der Waals surface area contributed by atoms with E-state index in [1.807, 2.05) is 35.0 Å². The lowest BCUT2D eigenvalue weighted by atomic mass is 10.0. The Morgan fingerprint density at radius 2 is 1.88 bits per heavy atom. The molecule has 2 saturated heterocycles. The van der Waals surface area contributed by atoms with Crippen molar-refractivity contribution >= 4 is 11.8 Å². The van der Waals surface area contributed by atoms with Crippen molar-refractivity contribution in [1.82, 2.24) is 14.7 Å². The molecule has 2 aliphatic rings. The van der Waals surface area contributed by atoms with Gasteiger partial charge in [-0.2, -0.15) is 0 Å². The lowest BCUT2D eigenvalue weighted by Crippen LogP contribution is -2.47. The molecule has 26 heavy (non-hydrogen) atoms. The van der Waals surface area contributed by atoms with Crippen molar-refractivity contribution < 1.29 is 9.59 Å². The summed E-state index contributed by atoms with van der Waals surface area (Å²) in [5.74, 6) is 0.0940. The van der Waals surface area contributed by atoms with Gasteiger partial charge in [0.15, 0.2) is 0 Å². The molecule has 1 unspecified atom stereocenters. The molecule has 0 aliphatic carbocycles. The van der Waals surface area contributed by atoms with Crippen molar-refractivity contribution in [1.29, 1.82) is 0 Å². The average molecular weight is 357 g/mol. The number of carbonyl (C=O) groups is 2. The normalized spacial score (nSPS) is 22.0. The lowest BCUT2D eigenvalue weighted by molar-refractivity contribution is -0.137. The summed E-state index contributed by atoms with van der Waals surface area (Å²) in [6.45, 7) is 6.66. The smallest absolute Gasteiger partial charge is 0.227 e. The second-order valence-corrected chi connectivity index (χ2v) is 7.59.